The molecule has 2 rings (SSSR count). The fraction of sp³-hybridized carbons (Fsp3) is 0.167. The molecule has 1 aromatic carbocycles. The Hall–Kier alpha value is -1.88. The van der Waals surface area contributed by atoms with Gasteiger partial charge in [0.2, 0.25) is 10.0 Å². The standard InChI is InChI=1S/C12H11ClN4O2S/c1-17(8-12-15-4-5-16-12)20(18,19)10-3-2-9(7-14)11(13)6-10/h2-6H,8H2,1H3,(H,15,16). The lowest BCUT2D eigenvalue weighted by Crippen LogP contribution is -2.27. The third-order valence-corrected chi connectivity index (χ3v) is 4.81. The SMILES string of the molecule is CN(Cc1ncc[nH]1)S(=O)(=O)c1ccc(C#N)c(Cl)c1. The van der Waals surface area contributed by atoms with E-state index in [0.29, 0.717) is 5.82 Å². The van der Waals surface area contributed by atoms with E-state index in [1.807, 2.05) is 6.07 Å². The molecule has 0 radical (unpaired) electrons. The predicted octanol–water partition coefficient (Wildman–Crippen LogP) is 1.76. The van der Waals surface area contributed by atoms with Gasteiger partial charge in [-0.3, -0.25) is 0 Å². The number of H-pyrrole nitrogens is 1. The summed E-state index contributed by atoms with van der Waals surface area (Å²) in [5.41, 5.74) is 0.235. The molecule has 0 aliphatic carbocycles. The molecular weight excluding hydrogens is 300 g/mol. The van der Waals surface area contributed by atoms with Crippen LogP contribution in [0.1, 0.15) is 11.4 Å². The van der Waals surface area contributed by atoms with E-state index in [4.69, 9.17) is 16.9 Å². The molecule has 1 heterocycles. The van der Waals surface area contributed by atoms with Crippen LogP contribution in [-0.4, -0.2) is 29.7 Å². The number of hydrogen-bond donors (Lipinski definition) is 1. The molecule has 1 N–H and O–H groups in total. The van der Waals surface area contributed by atoms with E-state index in [-0.39, 0.29) is 22.0 Å². The molecule has 0 bridgehead atoms. The van der Waals surface area contributed by atoms with Crippen molar-refractivity contribution in [1.29, 1.82) is 5.26 Å². The lowest BCUT2D eigenvalue weighted by molar-refractivity contribution is 0.458. The number of aromatic amines is 1. The average molecular weight is 311 g/mol. The van der Waals surface area contributed by atoms with Gasteiger partial charge in [0.15, 0.2) is 0 Å². The third kappa shape index (κ3) is 2.82. The highest BCUT2D eigenvalue weighted by atomic mass is 35.5. The fourth-order valence-corrected chi connectivity index (χ4v) is 3.05. The number of halogens is 1. The fourth-order valence-electron chi connectivity index (χ4n) is 1.61. The summed E-state index contributed by atoms with van der Waals surface area (Å²) in [5.74, 6) is 0.538. The van der Waals surface area contributed by atoms with Crippen LogP contribution in [0.2, 0.25) is 5.02 Å². The summed E-state index contributed by atoms with van der Waals surface area (Å²) in [6.07, 6.45) is 3.17. The highest BCUT2D eigenvalue weighted by Crippen LogP contribution is 2.22. The van der Waals surface area contributed by atoms with Crippen molar-refractivity contribution in [2.45, 2.75) is 11.4 Å². The van der Waals surface area contributed by atoms with Crippen LogP contribution in [0.3, 0.4) is 0 Å². The Bertz CT molecular complexity index is 750. The molecule has 6 nitrogen and oxygen atoms in total. The van der Waals surface area contributed by atoms with E-state index < -0.39 is 10.0 Å². The summed E-state index contributed by atoms with van der Waals surface area (Å²) in [4.78, 5) is 6.85. The number of imidazole rings is 1. The van der Waals surface area contributed by atoms with Crippen LogP contribution in [0, 0.1) is 11.3 Å². The monoisotopic (exact) mass is 310 g/mol. The van der Waals surface area contributed by atoms with Gasteiger partial charge in [0, 0.05) is 19.4 Å². The maximum Gasteiger partial charge on any atom is 0.243 e. The smallest absolute Gasteiger partial charge is 0.243 e. The Morgan fingerprint density at radius 3 is 2.80 bits per heavy atom. The number of nitriles is 1. The van der Waals surface area contributed by atoms with E-state index >= 15 is 0 Å². The molecule has 104 valence electrons. The Morgan fingerprint density at radius 2 is 2.25 bits per heavy atom. The van der Waals surface area contributed by atoms with Crippen LogP contribution in [0.15, 0.2) is 35.5 Å². The number of aromatic nitrogens is 2. The number of hydrogen-bond acceptors (Lipinski definition) is 4. The Morgan fingerprint density at radius 1 is 1.50 bits per heavy atom. The predicted molar refractivity (Wildman–Crippen MR) is 73.4 cm³/mol. The maximum absolute atomic E-state index is 12.4. The van der Waals surface area contributed by atoms with Crippen molar-refractivity contribution in [3.05, 3.63) is 47.0 Å². The molecule has 0 aliphatic heterocycles. The minimum Gasteiger partial charge on any atom is -0.347 e. The minimum atomic E-state index is -3.68. The van der Waals surface area contributed by atoms with Crippen LogP contribution < -0.4 is 0 Å². The zero-order chi connectivity index (χ0) is 14.8. The first-order valence-corrected chi connectivity index (χ1v) is 7.41. The molecule has 0 saturated carbocycles. The van der Waals surface area contributed by atoms with Gasteiger partial charge in [0.05, 0.1) is 22.0 Å². The van der Waals surface area contributed by atoms with E-state index in [9.17, 15) is 8.42 Å². The minimum absolute atomic E-state index is 0.0376. The van der Waals surface area contributed by atoms with Crippen LogP contribution in [0.25, 0.3) is 0 Å². The summed E-state index contributed by atoms with van der Waals surface area (Å²) in [6, 6.07) is 5.90. The number of rotatable bonds is 4. The Balaban J connectivity index is 2.30. The summed E-state index contributed by atoms with van der Waals surface area (Å²) in [5, 5.41) is 8.90. The second kappa shape index (κ2) is 5.63. The van der Waals surface area contributed by atoms with Crippen LogP contribution in [-0.2, 0) is 16.6 Å². The normalized spacial score (nSPS) is 11.5. The van der Waals surface area contributed by atoms with Crippen molar-refractivity contribution in [2.24, 2.45) is 0 Å². The van der Waals surface area contributed by atoms with Gasteiger partial charge in [0.1, 0.15) is 11.9 Å². The first-order valence-electron chi connectivity index (χ1n) is 5.59. The first kappa shape index (κ1) is 14.5. The lowest BCUT2D eigenvalue weighted by atomic mass is 10.2. The molecule has 0 unspecified atom stereocenters. The quantitative estimate of drug-likeness (QED) is 0.931. The topological polar surface area (TPSA) is 89.8 Å². The van der Waals surface area contributed by atoms with Crippen molar-refractivity contribution < 1.29 is 8.42 Å². The third-order valence-electron chi connectivity index (χ3n) is 2.70. The number of benzene rings is 1. The molecule has 20 heavy (non-hydrogen) atoms. The van der Waals surface area contributed by atoms with Gasteiger partial charge in [-0.15, -0.1) is 0 Å². The second-order valence-corrected chi connectivity index (χ2v) is 6.50. The van der Waals surface area contributed by atoms with Crippen LogP contribution in [0.4, 0.5) is 0 Å². The highest BCUT2D eigenvalue weighted by molar-refractivity contribution is 7.89. The van der Waals surface area contributed by atoms with E-state index in [0.717, 1.165) is 4.31 Å². The zero-order valence-electron chi connectivity index (χ0n) is 10.5. The molecule has 0 amide bonds. The largest absolute Gasteiger partial charge is 0.347 e. The number of sulfonamides is 1. The molecule has 0 saturated heterocycles. The number of nitrogens with zero attached hydrogens (tertiary/aromatic N) is 3. The molecular formula is C12H11ClN4O2S. The molecule has 1 aromatic heterocycles. The summed E-state index contributed by atoms with van der Waals surface area (Å²) < 4.78 is 25.9. The second-order valence-electron chi connectivity index (χ2n) is 4.05. The molecule has 8 heteroatoms. The van der Waals surface area contributed by atoms with Crippen molar-refractivity contribution in [3.8, 4) is 6.07 Å². The lowest BCUT2D eigenvalue weighted by Gasteiger charge is -2.16. The van der Waals surface area contributed by atoms with E-state index in [1.54, 1.807) is 12.4 Å². The van der Waals surface area contributed by atoms with Crippen LogP contribution in [0.5, 0.6) is 0 Å². The molecule has 2 aromatic rings. The van der Waals surface area contributed by atoms with Gasteiger partial charge < -0.3 is 4.98 Å². The molecule has 0 spiro atoms. The van der Waals surface area contributed by atoms with Crippen molar-refractivity contribution in [2.75, 3.05) is 7.05 Å². The van der Waals surface area contributed by atoms with Crippen molar-refractivity contribution in [1.82, 2.24) is 14.3 Å². The average Bonchev–Trinajstić information content (AvgIpc) is 2.91. The van der Waals surface area contributed by atoms with Crippen molar-refractivity contribution in [3.63, 3.8) is 0 Å². The van der Waals surface area contributed by atoms with Gasteiger partial charge in [-0.25, -0.2) is 13.4 Å². The van der Waals surface area contributed by atoms with E-state index in [2.05, 4.69) is 9.97 Å². The molecule has 0 atom stereocenters. The van der Waals surface area contributed by atoms with E-state index in [1.165, 1.54) is 25.2 Å². The molecule has 0 aliphatic rings. The summed E-state index contributed by atoms with van der Waals surface area (Å²) in [7, 11) is -2.23. The molecule has 0 fully saturated rings. The van der Waals surface area contributed by atoms with Gasteiger partial charge in [-0.05, 0) is 18.2 Å². The van der Waals surface area contributed by atoms with Crippen LogP contribution >= 0.6 is 11.6 Å². The highest BCUT2D eigenvalue weighted by Gasteiger charge is 2.22. The Kier molecular flexibility index (Phi) is 4.09. The number of nitrogens with one attached hydrogen (secondary N) is 1. The van der Waals surface area contributed by atoms with Gasteiger partial charge in [-0.2, -0.15) is 9.57 Å². The first-order chi connectivity index (χ1) is 9.45. The zero-order valence-corrected chi connectivity index (χ0v) is 12.1. The van der Waals surface area contributed by atoms with Gasteiger partial charge >= 0.3 is 0 Å². The van der Waals surface area contributed by atoms with Crippen molar-refractivity contribution >= 4 is 21.6 Å². The van der Waals surface area contributed by atoms with Gasteiger partial charge in [-0.1, -0.05) is 11.6 Å². The van der Waals surface area contributed by atoms with Gasteiger partial charge in [0.25, 0.3) is 0 Å². The summed E-state index contributed by atoms with van der Waals surface area (Å²) >= 11 is 5.86. The maximum atomic E-state index is 12.4. The summed E-state index contributed by atoms with van der Waals surface area (Å²) in [6.45, 7) is 0.118. The Labute approximate surface area is 121 Å².